The lowest BCUT2D eigenvalue weighted by Crippen LogP contribution is -2.51. The van der Waals surface area contributed by atoms with Crippen LogP contribution >= 0.6 is 0 Å². The molecule has 0 aromatic heterocycles. The number of halogens is 2. The number of carbonyl (C=O) groups is 3. The van der Waals surface area contributed by atoms with Gasteiger partial charge in [0.05, 0.1) is 25.2 Å². The molecule has 2 heterocycles. The van der Waals surface area contributed by atoms with Gasteiger partial charge in [-0.15, -0.1) is 0 Å². The van der Waals surface area contributed by atoms with Gasteiger partial charge >= 0.3 is 6.09 Å². The van der Waals surface area contributed by atoms with Crippen molar-refractivity contribution < 1.29 is 33.0 Å². The highest BCUT2D eigenvalue weighted by molar-refractivity contribution is 5.86. The molecule has 0 unspecified atom stereocenters. The molecule has 3 fully saturated rings. The molecule has 1 aromatic rings. The molecule has 0 spiro atoms. The normalized spacial score (nSPS) is 28.6. The highest BCUT2D eigenvalue weighted by Gasteiger charge is 2.44. The van der Waals surface area contributed by atoms with Crippen LogP contribution in [0.5, 0.6) is 0 Å². The Hall–Kier alpha value is -2.79. The number of rotatable bonds is 6. The summed E-state index contributed by atoms with van der Waals surface area (Å²) in [7, 11) is 0. The number of aliphatic hydroxyl groups is 1. The second kappa shape index (κ2) is 11.1. The fourth-order valence-electron chi connectivity index (χ4n) is 5.32. The van der Waals surface area contributed by atoms with E-state index in [1.54, 1.807) is 0 Å². The standard InChI is InChI=1S/C25H34F2N4O5/c26-25(27)10-11-30(15-25)23(34)21(28)17-6-8-18(9-7-17)29-22(33)20-12-19(32)13-31(20)24(35)36-14-16-4-2-1-3-5-16/h1-5,17-21,32H,6-15,28H2,(H,29,33)/t17?,18?,19-,20+,21+/m1/s1. The predicted molar refractivity (Wildman–Crippen MR) is 126 cm³/mol. The fourth-order valence-corrected chi connectivity index (χ4v) is 5.32. The van der Waals surface area contributed by atoms with Crippen LogP contribution in [0.15, 0.2) is 30.3 Å². The fraction of sp³-hybridized carbons (Fsp3) is 0.640. The summed E-state index contributed by atoms with van der Waals surface area (Å²) in [5.74, 6) is -3.79. The van der Waals surface area contributed by atoms with Crippen molar-refractivity contribution in [1.29, 1.82) is 0 Å². The van der Waals surface area contributed by atoms with Crippen LogP contribution in [0.2, 0.25) is 0 Å². The average molecular weight is 509 g/mol. The van der Waals surface area contributed by atoms with Crippen molar-refractivity contribution in [1.82, 2.24) is 15.1 Å². The molecule has 9 nitrogen and oxygen atoms in total. The van der Waals surface area contributed by atoms with Gasteiger partial charge in [-0.2, -0.15) is 0 Å². The van der Waals surface area contributed by atoms with E-state index in [0.717, 1.165) is 10.5 Å². The molecular formula is C25H34F2N4O5. The molecule has 4 N–H and O–H groups in total. The molecule has 0 radical (unpaired) electrons. The van der Waals surface area contributed by atoms with Crippen molar-refractivity contribution >= 4 is 17.9 Å². The molecule has 3 atom stereocenters. The molecule has 11 heteroatoms. The van der Waals surface area contributed by atoms with Gasteiger partial charge in [0.2, 0.25) is 11.8 Å². The summed E-state index contributed by atoms with van der Waals surface area (Å²) in [5.41, 5.74) is 6.95. The highest BCUT2D eigenvalue weighted by Crippen LogP contribution is 2.31. The van der Waals surface area contributed by atoms with Crippen molar-refractivity contribution in [3.63, 3.8) is 0 Å². The van der Waals surface area contributed by atoms with Crippen LogP contribution < -0.4 is 11.1 Å². The van der Waals surface area contributed by atoms with E-state index in [4.69, 9.17) is 10.5 Å². The molecule has 1 aromatic carbocycles. The van der Waals surface area contributed by atoms with Crippen LogP contribution in [-0.4, -0.2) is 82.6 Å². The minimum atomic E-state index is -2.85. The Morgan fingerprint density at radius 1 is 1.17 bits per heavy atom. The number of nitrogens with one attached hydrogen (secondary N) is 1. The van der Waals surface area contributed by atoms with Crippen LogP contribution in [0.25, 0.3) is 0 Å². The zero-order valence-electron chi connectivity index (χ0n) is 20.2. The summed E-state index contributed by atoms with van der Waals surface area (Å²) in [5, 5.41) is 13.1. The predicted octanol–water partition coefficient (Wildman–Crippen LogP) is 1.63. The molecule has 3 aliphatic rings. The van der Waals surface area contributed by atoms with Crippen molar-refractivity contribution in [3.05, 3.63) is 35.9 Å². The van der Waals surface area contributed by atoms with Crippen LogP contribution in [0.1, 0.15) is 44.1 Å². The highest BCUT2D eigenvalue weighted by atomic mass is 19.3. The molecule has 3 amide bonds. The number of aliphatic hydroxyl groups excluding tert-OH is 1. The number of hydrogen-bond donors (Lipinski definition) is 3. The Labute approximate surface area is 208 Å². The van der Waals surface area contributed by atoms with Crippen molar-refractivity contribution in [3.8, 4) is 0 Å². The summed E-state index contributed by atoms with van der Waals surface area (Å²) >= 11 is 0. The minimum Gasteiger partial charge on any atom is -0.445 e. The number of nitrogens with zero attached hydrogens (tertiary/aromatic N) is 2. The molecule has 1 aliphatic carbocycles. The Balaban J connectivity index is 1.25. The topological polar surface area (TPSA) is 125 Å². The third-order valence-electron chi connectivity index (χ3n) is 7.41. The third kappa shape index (κ3) is 6.31. The number of hydrogen-bond acceptors (Lipinski definition) is 6. The maximum atomic E-state index is 13.5. The van der Waals surface area contributed by atoms with Gasteiger partial charge in [-0.05, 0) is 37.2 Å². The van der Waals surface area contributed by atoms with Crippen molar-refractivity contribution in [2.24, 2.45) is 11.7 Å². The maximum absolute atomic E-state index is 13.5. The number of benzene rings is 1. The largest absolute Gasteiger partial charge is 0.445 e. The number of carbonyl (C=O) groups excluding carboxylic acids is 3. The minimum absolute atomic E-state index is 0.0163. The number of ether oxygens (including phenoxy) is 1. The molecular weight excluding hydrogens is 474 g/mol. The second-order valence-corrected chi connectivity index (χ2v) is 10.1. The lowest BCUT2D eigenvalue weighted by Gasteiger charge is -2.34. The Morgan fingerprint density at radius 3 is 2.50 bits per heavy atom. The van der Waals surface area contributed by atoms with E-state index in [-0.39, 0.29) is 50.4 Å². The zero-order valence-corrected chi connectivity index (χ0v) is 20.2. The smallest absolute Gasteiger partial charge is 0.410 e. The first kappa shape index (κ1) is 26.3. The van der Waals surface area contributed by atoms with Crippen molar-refractivity contribution in [2.75, 3.05) is 19.6 Å². The first-order valence-electron chi connectivity index (χ1n) is 12.5. The number of alkyl halides is 2. The van der Waals surface area contributed by atoms with E-state index in [1.807, 2.05) is 30.3 Å². The molecule has 198 valence electrons. The quantitative estimate of drug-likeness (QED) is 0.537. The monoisotopic (exact) mass is 508 g/mol. The van der Waals surface area contributed by atoms with E-state index in [2.05, 4.69) is 5.32 Å². The van der Waals surface area contributed by atoms with Crippen LogP contribution in [0.3, 0.4) is 0 Å². The van der Waals surface area contributed by atoms with Crippen LogP contribution in [0.4, 0.5) is 13.6 Å². The lowest BCUT2D eigenvalue weighted by molar-refractivity contribution is -0.134. The number of nitrogens with two attached hydrogens (primary N) is 1. The third-order valence-corrected chi connectivity index (χ3v) is 7.41. The summed E-state index contributed by atoms with van der Waals surface area (Å²) < 4.78 is 32.3. The van der Waals surface area contributed by atoms with Gasteiger partial charge in [0.25, 0.3) is 5.92 Å². The van der Waals surface area contributed by atoms with Gasteiger partial charge in [-0.25, -0.2) is 13.6 Å². The van der Waals surface area contributed by atoms with E-state index in [0.29, 0.717) is 25.7 Å². The van der Waals surface area contributed by atoms with E-state index >= 15 is 0 Å². The van der Waals surface area contributed by atoms with E-state index in [9.17, 15) is 28.3 Å². The lowest BCUT2D eigenvalue weighted by atomic mass is 9.81. The van der Waals surface area contributed by atoms with E-state index in [1.165, 1.54) is 4.90 Å². The average Bonchev–Trinajstić information content (AvgIpc) is 3.44. The Morgan fingerprint density at radius 2 is 1.86 bits per heavy atom. The maximum Gasteiger partial charge on any atom is 0.410 e. The molecule has 2 aliphatic heterocycles. The zero-order chi connectivity index (χ0) is 25.9. The van der Waals surface area contributed by atoms with Gasteiger partial charge in [0, 0.05) is 25.4 Å². The van der Waals surface area contributed by atoms with Crippen LogP contribution in [-0.2, 0) is 20.9 Å². The van der Waals surface area contributed by atoms with Gasteiger partial charge < -0.3 is 25.8 Å². The van der Waals surface area contributed by atoms with Gasteiger partial charge in [-0.3, -0.25) is 14.5 Å². The Bertz CT molecular complexity index is 942. The summed E-state index contributed by atoms with van der Waals surface area (Å²) in [4.78, 5) is 40.6. The summed E-state index contributed by atoms with van der Waals surface area (Å²) in [6, 6.07) is 7.35. The molecule has 1 saturated carbocycles. The second-order valence-electron chi connectivity index (χ2n) is 10.1. The summed E-state index contributed by atoms with van der Waals surface area (Å²) in [6.45, 7) is -0.478. The van der Waals surface area contributed by atoms with Gasteiger partial charge in [-0.1, -0.05) is 30.3 Å². The van der Waals surface area contributed by atoms with Gasteiger partial charge in [0.1, 0.15) is 12.6 Å². The van der Waals surface area contributed by atoms with Gasteiger partial charge in [0.15, 0.2) is 0 Å². The van der Waals surface area contributed by atoms with Crippen LogP contribution in [0, 0.1) is 5.92 Å². The first-order valence-corrected chi connectivity index (χ1v) is 12.5. The summed E-state index contributed by atoms with van der Waals surface area (Å²) in [6.07, 6.45) is 0.649. The van der Waals surface area contributed by atoms with Crippen molar-refractivity contribution in [2.45, 2.75) is 75.3 Å². The molecule has 4 rings (SSSR count). The number of likely N-dealkylation sites (tertiary alicyclic amines) is 2. The van der Waals surface area contributed by atoms with E-state index < -0.39 is 42.7 Å². The SMILES string of the molecule is N[C@H](C(=O)N1CCC(F)(F)C1)C1CCC(NC(=O)[C@@H]2C[C@@H](O)CN2C(=O)OCc2ccccc2)CC1. The Kier molecular flexibility index (Phi) is 8.09. The first-order chi connectivity index (χ1) is 17.1. The number of β-amino-alcohol motifs (C(OH)–C–C–N with tert-alkyl or cyclic N) is 1. The molecule has 36 heavy (non-hydrogen) atoms. The molecule has 2 saturated heterocycles. The number of amides is 3. The molecule has 0 bridgehead atoms.